The zero-order valence-corrected chi connectivity index (χ0v) is 48.2. The minimum absolute atomic E-state index is 0.0746. The zero-order valence-electron chi connectivity index (χ0n) is 48.2. The first-order valence-corrected chi connectivity index (χ1v) is 31.6. The van der Waals surface area contributed by atoms with Gasteiger partial charge in [0.25, 0.3) is 0 Å². The van der Waals surface area contributed by atoms with Gasteiger partial charge in [-0.3, -0.25) is 14.4 Å². The number of rotatable bonds is 58. The van der Waals surface area contributed by atoms with E-state index in [2.05, 4.69) is 69.4 Å². The standard InChI is InChI=1S/C66H120O6/c1-4-7-10-13-16-19-22-24-26-28-30-31-32-33-34-35-37-38-40-42-44-47-50-53-56-59-65(68)71-62-63(61-70-64(67)58-55-52-49-46-21-18-15-12-9-6-3)72-66(69)60-57-54-51-48-45-43-41-39-36-29-27-25-23-20-17-14-11-8-5-2/h12,15,22,24-25,27-28,30,63H,4-11,13-14,16-21,23,26,29,31-62H2,1-3H3/b15-12-,24-22-,27-25-,30-28-. The molecule has 1 unspecified atom stereocenters. The molecule has 0 saturated heterocycles. The molecule has 0 aromatic rings. The Bertz CT molecular complexity index is 1250. The molecule has 0 bridgehead atoms. The Kier molecular flexibility index (Phi) is 58.7. The molecule has 0 aromatic carbocycles. The van der Waals surface area contributed by atoms with Crippen LogP contribution >= 0.6 is 0 Å². The lowest BCUT2D eigenvalue weighted by molar-refractivity contribution is -0.167. The van der Waals surface area contributed by atoms with E-state index in [1.54, 1.807) is 0 Å². The Labute approximate surface area is 448 Å². The van der Waals surface area contributed by atoms with Gasteiger partial charge in [-0.1, -0.05) is 268 Å². The summed E-state index contributed by atoms with van der Waals surface area (Å²) in [5.74, 6) is -0.872. The summed E-state index contributed by atoms with van der Waals surface area (Å²) < 4.78 is 16.9. The van der Waals surface area contributed by atoms with Crippen molar-refractivity contribution in [1.82, 2.24) is 0 Å². The lowest BCUT2D eigenvalue weighted by atomic mass is 10.0. The van der Waals surface area contributed by atoms with Crippen molar-refractivity contribution in [3.63, 3.8) is 0 Å². The number of carbonyl (C=O) groups is 3. The van der Waals surface area contributed by atoms with Gasteiger partial charge in [0.15, 0.2) is 6.10 Å². The van der Waals surface area contributed by atoms with Crippen LogP contribution in [0.4, 0.5) is 0 Å². The number of carbonyl (C=O) groups excluding carboxylic acids is 3. The fourth-order valence-electron chi connectivity index (χ4n) is 9.24. The molecule has 0 spiro atoms. The van der Waals surface area contributed by atoms with Crippen LogP contribution in [0, 0.1) is 0 Å². The molecule has 0 amide bonds. The number of hydrogen-bond donors (Lipinski definition) is 0. The maximum atomic E-state index is 12.9. The van der Waals surface area contributed by atoms with E-state index in [4.69, 9.17) is 14.2 Å². The van der Waals surface area contributed by atoms with Crippen LogP contribution in [0.15, 0.2) is 48.6 Å². The Morgan fingerprint density at radius 3 is 0.833 bits per heavy atom. The van der Waals surface area contributed by atoms with Gasteiger partial charge in [-0.25, -0.2) is 0 Å². The summed E-state index contributed by atoms with van der Waals surface area (Å²) in [6.07, 6.45) is 75.5. The highest BCUT2D eigenvalue weighted by molar-refractivity contribution is 5.71. The molecule has 6 nitrogen and oxygen atoms in total. The van der Waals surface area contributed by atoms with Crippen LogP contribution in [0.1, 0.15) is 335 Å². The van der Waals surface area contributed by atoms with Gasteiger partial charge in [0.05, 0.1) is 0 Å². The van der Waals surface area contributed by atoms with Crippen molar-refractivity contribution in [2.75, 3.05) is 13.2 Å². The maximum absolute atomic E-state index is 12.9. The highest BCUT2D eigenvalue weighted by Gasteiger charge is 2.19. The summed E-state index contributed by atoms with van der Waals surface area (Å²) in [7, 11) is 0. The molecule has 1 atom stereocenters. The second kappa shape index (κ2) is 60.9. The van der Waals surface area contributed by atoms with E-state index >= 15 is 0 Å². The highest BCUT2D eigenvalue weighted by Crippen LogP contribution is 2.17. The number of esters is 3. The molecular weight excluding hydrogens is 889 g/mol. The minimum atomic E-state index is -0.776. The van der Waals surface area contributed by atoms with E-state index in [-0.39, 0.29) is 31.1 Å². The smallest absolute Gasteiger partial charge is 0.306 e. The molecule has 0 aromatic heterocycles. The molecule has 72 heavy (non-hydrogen) atoms. The summed E-state index contributed by atoms with van der Waals surface area (Å²) in [6.45, 7) is 6.60. The van der Waals surface area contributed by atoms with Crippen molar-refractivity contribution >= 4 is 17.9 Å². The molecule has 0 aliphatic heterocycles. The average Bonchev–Trinajstić information content (AvgIpc) is 3.38. The third kappa shape index (κ3) is 58.3. The van der Waals surface area contributed by atoms with Gasteiger partial charge < -0.3 is 14.2 Å². The second-order valence-corrected chi connectivity index (χ2v) is 21.3. The Hall–Kier alpha value is -2.63. The molecule has 0 radical (unpaired) electrons. The van der Waals surface area contributed by atoms with Crippen molar-refractivity contribution in [3.8, 4) is 0 Å². The quantitative estimate of drug-likeness (QED) is 0.0261. The largest absolute Gasteiger partial charge is 0.462 e. The number of unbranched alkanes of at least 4 members (excludes halogenated alkanes) is 39. The first-order valence-electron chi connectivity index (χ1n) is 31.6. The maximum Gasteiger partial charge on any atom is 0.306 e. The lowest BCUT2D eigenvalue weighted by Crippen LogP contribution is -2.30. The lowest BCUT2D eigenvalue weighted by Gasteiger charge is -2.18. The molecule has 420 valence electrons. The molecule has 0 N–H and O–H groups in total. The predicted octanol–water partition coefficient (Wildman–Crippen LogP) is 21.4. The topological polar surface area (TPSA) is 78.9 Å². The highest BCUT2D eigenvalue weighted by atomic mass is 16.6. The molecule has 6 heteroatoms. The Balaban J connectivity index is 4.21. The van der Waals surface area contributed by atoms with Crippen LogP contribution < -0.4 is 0 Å². The van der Waals surface area contributed by atoms with Gasteiger partial charge in [-0.05, 0) is 96.3 Å². The zero-order chi connectivity index (χ0) is 52.2. The van der Waals surface area contributed by atoms with Gasteiger partial charge in [0, 0.05) is 19.3 Å². The van der Waals surface area contributed by atoms with Crippen LogP contribution in [-0.4, -0.2) is 37.2 Å². The fraction of sp³-hybridized carbons (Fsp3) is 0.833. The number of allylic oxidation sites excluding steroid dienone is 8. The van der Waals surface area contributed by atoms with Crippen LogP contribution in [0.2, 0.25) is 0 Å². The number of hydrogen-bond acceptors (Lipinski definition) is 6. The van der Waals surface area contributed by atoms with Crippen molar-refractivity contribution in [1.29, 1.82) is 0 Å². The minimum Gasteiger partial charge on any atom is -0.462 e. The third-order valence-electron chi connectivity index (χ3n) is 14.0. The second-order valence-electron chi connectivity index (χ2n) is 21.3. The van der Waals surface area contributed by atoms with E-state index in [1.807, 2.05) is 0 Å². The van der Waals surface area contributed by atoms with E-state index in [0.717, 1.165) is 77.0 Å². The molecule has 0 rings (SSSR count). The van der Waals surface area contributed by atoms with Gasteiger partial charge in [-0.15, -0.1) is 0 Å². The van der Waals surface area contributed by atoms with E-state index in [1.165, 1.54) is 218 Å². The van der Waals surface area contributed by atoms with E-state index in [0.29, 0.717) is 19.3 Å². The summed E-state index contributed by atoms with van der Waals surface area (Å²) in [5.41, 5.74) is 0. The summed E-state index contributed by atoms with van der Waals surface area (Å²) in [4.78, 5) is 38.2. The van der Waals surface area contributed by atoms with Crippen LogP contribution in [0.25, 0.3) is 0 Å². The van der Waals surface area contributed by atoms with Crippen LogP contribution in [0.5, 0.6) is 0 Å². The first kappa shape index (κ1) is 69.4. The normalized spacial score (nSPS) is 12.3. The third-order valence-corrected chi connectivity index (χ3v) is 14.0. The summed E-state index contributed by atoms with van der Waals surface area (Å²) in [5, 5.41) is 0. The van der Waals surface area contributed by atoms with E-state index < -0.39 is 6.10 Å². The molecular formula is C66H120O6. The molecule has 0 aliphatic rings. The number of ether oxygens (including phenoxy) is 3. The van der Waals surface area contributed by atoms with Gasteiger partial charge in [0.1, 0.15) is 13.2 Å². The molecule has 0 aliphatic carbocycles. The SMILES string of the molecule is CCC/C=C\CCCCCCCC(=O)OCC(COC(=O)CCCCCCCCCCCCCCC/C=C\C/C=C\CCCCCCC)OC(=O)CCCCCCCCCCC/C=C\CCCCCCCC. The first-order chi connectivity index (χ1) is 35.5. The molecule has 0 saturated carbocycles. The van der Waals surface area contributed by atoms with Crippen molar-refractivity contribution in [2.45, 2.75) is 341 Å². The molecule has 0 heterocycles. The average molecular weight is 1010 g/mol. The Morgan fingerprint density at radius 2 is 0.528 bits per heavy atom. The van der Waals surface area contributed by atoms with Crippen LogP contribution in [0.3, 0.4) is 0 Å². The van der Waals surface area contributed by atoms with Crippen molar-refractivity contribution in [3.05, 3.63) is 48.6 Å². The van der Waals surface area contributed by atoms with Crippen LogP contribution in [-0.2, 0) is 28.6 Å². The molecule has 0 fully saturated rings. The Morgan fingerprint density at radius 1 is 0.278 bits per heavy atom. The van der Waals surface area contributed by atoms with Gasteiger partial charge in [-0.2, -0.15) is 0 Å². The monoisotopic (exact) mass is 1010 g/mol. The van der Waals surface area contributed by atoms with Gasteiger partial charge in [0.2, 0.25) is 0 Å². The summed E-state index contributed by atoms with van der Waals surface area (Å²) in [6, 6.07) is 0. The predicted molar refractivity (Wildman–Crippen MR) is 312 cm³/mol. The van der Waals surface area contributed by atoms with Gasteiger partial charge >= 0.3 is 17.9 Å². The van der Waals surface area contributed by atoms with E-state index in [9.17, 15) is 14.4 Å². The summed E-state index contributed by atoms with van der Waals surface area (Å²) >= 11 is 0. The van der Waals surface area contributed by atoms with Crippen molar-refractivity contribution < 1.29 is 28.6 Å². The van der Waals surface area contributed by atoms with Crippen molar-refractivity contribution in [2.24, 2.45) is 0 Å². The fourth-order valence-corrected chi connectivity index (χ4v) is 9.24.